The van der Waals surface area contributed by atoms with Crippen molar-refractivity contribution in [2.45, 2.75) is 18.4 Å². The Morgan fingerprint density at radius 2 is 1.84 bits per heavy atom. The molecular weight excluding hydrogens is 324 g/mol. The van der Waals surface area contributed by atoms with Crippen molar-refractivity contribution in [3.63, 3.8) is 0 Å². The maximum absolute atomic E-state index is 12.6. The molecular formula is C18H18N2O5. The number of hydrogen-bond acceptors (Lipinski definition) is 6. The Morgan fingerprint density at radius 1 is 1.16 bits per heavy atom. The largest absolute Gasteiger partial charge is 0.507 e. The van der Waals surface area contributed by atoms with Gasteiger partial charge in [0.15, 0.2) is 0 Å². The average Bonchev–Trinajstić information content (AvgIpc) is 2.63. The number of rotatable bonds is 4. The highest BCUT2D eigenvalue weighted by molar-refractivity contribution is 5.93. The van der Waals surface area contributed by atoms with E-state index in [1.165, 1.54) is 12.1 Å². The van der Waals surface area contributed by atoms with Crippen molar-refractivity contribution in [3.8, 4) is 5.75 Å². The zero-order chi connectivity index (χ0) is 17.9. The Morgan fingerprint density at radius 3 is 2.44 bits per heavy atom. The summed E-state index contributed by atoms with van der Waals surface area (Å²) < 4.78 is 5.82. The quantitative estimate of drug-likeness (QED) is 0.503. The van der Waals surface area contributed by atoms with Crippen molar-refractivity contribution in [2.75, 3.05) is 13.1 Å². The first-order valence-electron chi connectivity index (χ1n) is 7.99. The van der Waals surface area contributed by atoms with Gasteiger partial charge >= 0.3 is 5.97 Å². The third-order valence-electron chi connectivity index (χ3n) is 4.41. The Bertz CT molecular complexity index is 785. The summed E-state index contributed by atoms with van der Waals surface area (Å²) in [6, 6.07) is 12.8. The van der Waals surface area contributed by atoms with Crippen LogP contribution in [0.25, 0.3) is 0 Å². The minimum atomic E-state index is -0.780. The molecule has 2 N–H and O–H groups in total. The Kier molecular flexibility index (Phi) is 4.67. The van der Waals surface area contributed by atoms with Crippen LogP contribution in [0.15, 0.2) is 48.5 Å². The molecule has 25 heavy (non-hydrogen) atoms. The predicted molar refractivity (Wildman–Crippen MR) is 90.4 cm³/mol. The molecule has 7 nitrogen and oxygen atoms in total. The van der Waals surface area contributed by atoms with Crippen LogP contribution in [0.4, 0.5) is 5.69 Å². The molecule has 0 bridgehead atoms. The van der Waals surface area contributed by atoms with Gasteiger partial charge in [-0.25, -0.2) is 4.79 Å². The van der Waals surface area contributed by atoms with Gasteiger partial charge in [0.1, 0.15) is 16.9 Å². The first-order chi connectivity index (χ1) is 12.0. The molecule has 1 fully saturated rings. The summed E-state index contributed by atoms with van der Waals surface area (Å²) in [6.07, 6.45) is 1.22. The molecule has 130 valence electrons. The zero-order valence-corrected chi connectivity index (χ0v) is 13.5. The average molecular weight is 342 g/mol. The molecule has 2 aromatic rings. The van der Waals surface area contributed by atoms with Crippen LogP contribution in [0, 0.1) is 10.1 Å². The van der Waals surface area contributed by atoms with E-state index in [-0.39, 0.29) is 11.3 Å². The molecule has 1 heterocycles. The number of ether oxygens (including phenoxy) is 1. The summed E-state index contributed by atoms with van der Waals surface area (Å²) >= 11 is 0. The number of nitro groups is 1. The topological polar surface area (TPSA) is 102 Å². The lowest BCUT2D eigenvalue weighted by atomic mass is 9.84. The van der Waals surface area contributed by atoms with Gasteiger partial charge in [0.05, 0.1) is 11.0 Å². The molecule has 1 aliphatic rings. The SMILES string of the molecule is O=C(OC1(c2ccccc2)CCNCC1)c1ccc([N+](=O)[O-])cc1O. The van der Waals surface area contributed by atoms with Crippen molar-refractivity contribution >= 4 is 11.7 Å². The van der Waals surface area contributed by atoms with Gasteiger partial charge in [0.2, 0.25) is 0 Å². The summed E-state index contributed by atoms with van der Waals surface area (Å²) in [4.78, 5) is 22.7. The van der Waals surface area contributed by atoms with Gasteiger partial charge in [0.25, 0.3) is 5.69 Å². The highest BCUT2D eigenvalue weighted by atomic mass is 16.6. The van der Waals surface area contributed by atoms with Crippen LogP contribution < -0.4 is 5.32 Å². The number of carbonyl (C=O) groups is 1. The summed E-state index contributed by atoms with van der Waals surface area (Å²) in [5.74, 6) is -1.16. The lowest BCUT2D eigenvalue weighted by Gasteiger charge is -2.37. The molecule has 0 amide bonds. The number of phenolic OH excluding ortho intramolecular Hbond substituents is 1. The van der Waals surface area contributed by atoms with Gasteiger partial charge in [0, 0.05) is 18.9 Å². The van der Waals surface area contributed by atoms with Gasteiger partial charge in [-0.05, 0) is 24.7 Å². The summed E-state index contributed by atoms with van der Waals surface area (Å²) in [7, 11) is 0. The summed E-state index contributed by atoms with van der Waals surface area (Å²) in [6.45, 7) is 1.41. The van der Waals surface area contributed by atoms with E-state index in [0.717, 1.165) is 11.6 Å². The number of phenols is 1. The maximum atomic E-state index is 12.6. The predicted octanol–water partition coefficient (Wildman–Crippen LogP) is 2.74. The van der Waals surface area contributed by atoms with Crippen molar-refractivity contribution in [2.24, 2.45) is 0 Å². The van der Waals surface area contributed by atoms with E-state index in [0.29, 0.717) is 25.9 Å². The van der Waals surface area contributed by atoms with E-state index < -0.39 is 22.2 Å². The normalized spacial score (nSPS) is 16.2. The van der Waals surface area contributed by atoms with Gasteiger partial charge < -0.3 is 15.2 Å². The van der Waals surface area contributed by atoms with Gasteiger partial charge in [-0.3, -0.25) is 10.1 Å². The van der Waals surface area contributed by atoms with Gasteiger partial charge in [-0.1, -0.05) is 30.3 Å². The fraction of sp³-hybridized carbons (Fsp3) is 0.278. The molecule has 0 spiro atoms. The molecule has 0 atom stereocenters. The number of nitro benzene ring substituents is 1. The molecule has 0 aliphatic carbocycles. The lowest BCUT2D eigenvalue weighted by molar-refractivity contribution is -0.384. The van der Waals surface area contributed by atoms with E-state index >= 15 is 0 Å². The van der Waals surface area contributed by atoms with E-state index in [1.54, 1.807) is 0 Å². The summed E-state index contributed by atoms with van der Waals surface area (Å²) in [5.41, 5.74) is -0.253. The Hall–Kier alpha value is -2.93. The zero-order valence-electron chi connectivity index (χ0n) is 13.5. The van der Waals surface area contributed by atoms with Crippen LogP contribution in [-0.2, 0) is 10.3 Å². The van der Waals surface area contributed by atoms with Crippen LogP contribution in [0.1, 0.15) is 28.8 Å². The van der Waals surface area contributed by atoms with E-state index in [4.69, 9.17) is 4.74 Å². The summed E-state index contributed by atoms with van der Waals surface area (Å²) in [5, 5.41) is 24.0. The van der Waals surface area contributed by atoms with E-state index in [9.17, 15) is 20.0 Å². The van der Waals surface area contributed by atoms with Crippen LogP contribution in [0.2, 0.25) is 0 Å². The second-order valence-corrected chi connectivity index (χ2v) is 5.96. The molecule has 0 unspecified atom stereocenters. The molecule has 0 aromatic heterocycles. The van der Waals surface area contributed by atoms with Crippen molar-refractivity contribution in [1.29, 1.82) is 0 Å². The fourth-order valence-electron chi connectivity index (χ4n) is 3.06. The number of nitrogens with one attached hydrogen (secondary N) is 1. The van der Waals surface area contributed by atoms with Gasteiger partial charge in [-0.2, -0.15) is 0 Å². The Balaban J connectivity index is 1.90. The van der Waals surface area contributed by atoms with Crippen LogP contribution in [0.5, 0.6) is 5.75 Å². The number of carbonyl (C=O) groups excluding carboxylic acids is 1. The smallest absolute Gasteiger partial charge is 0.342 e. The number of aromatic hydroxyl groups is 1. The second kappa shape index (κ2) is 6.90. The standard InChI is InChI=1S/C18H18N2O5/c21-16-12-14(20(23)24)6-7-15(16)17(22)25-18(8-10-19-11-9-18)13-4-2-1-3-5-13/h1-7,12,19,21H,8-11H2. The van der Waals surface area contributed by atoms with E-state index in [1.807, 2.05) is 30.3 Å². The third-order valence-corrected chi connectivity index (χ3v) is 4.41. The number of non-ortho nitro benzene ring substituents is 1. The monoisotopic (exact) mass is 342 g/mol. The maximum Gasteiger partial charge on any atom is 0.342 e. The first kappa shape index (κ1) is 16.9. The lowest BCUT2D eigenvalue weighted by Crippen LogP contribution is -2.43. The third kappa shape index (κ3) is 3.46. The van der Waals surface area contributed by atoms with Crippen molar-refractivity contribution < 1.29 is 19.6 Å². The van der Waals surface area contributed by atoms with Crippen LogP contribution in [-0.4, -0.2) is 29.1 Å². The molecule has 2 aromatic carbocycles. The minimum Gasteiger partial charge on any atom is -0.507 e. The number of hydrogen-bond donors (Lipinski definition) is 2. The number of piperidine rings is 1. The van der Waals surface area contributed by atoms with Crippen LogP contribution in [0.3, 0.4) is 0 Å². The molecule has 0 saturated carbocycles. The minimum absolute atomic E-state index is 0.0839. The number of esters is 1. The molecule has 3 rings (SSSR count). The van der Waals surface area contributed by atoms with Crippen molar-refractivity contribution in [1.82, 2.24) is 5.32 Å². The van der Waals surface area contributed by atoms with Crippen LogP contribution >= 0.6 is 0 Å². The number of nitrogens with zero attached hydrogens (tertiary/aromatic N) is 1. The first-order valence-corrected chi connectivity index (χ1v) is 7.99. The molecule has 1 saturated heterocycles. The highest BCUT2D eigenvalue weighted by Crippen LogP contribution is 2.36. The molecule has 0 radical (unpaired) electrons. The Labute approximate surface area is 144 Å². The number of benzene rings is 2. The fourth-order valence-corrected chi connectivity index (χ4v) is 3.06. The van der Waals surface area contributed by atoms with Gasteiger partial charge in [-0.15, -0.1) is 0 Å². The molecule has 7 heteroatoms. The van der Waals surface area contributed by atoms with E-state index in [2.05, 4.69) is 5.32 Å². The highest BCUT2D eigenvalue weighted by Gasteiger charge is 2.38. The second-order valence-electron chi connectivity index (χ2n) is 5.96. The van der Waals surface area contributed by atoms with Crippen molar-refractivity contribution in [3.05, 3.63) is 69.8 Å². The molecule has 1 aliphatic heterocycles.